The number of esters is 2. The number of aliphatic hydroxyl groups excluding tert-OH is 1. The molecule has 0 aromatic rings. The van der Waals surface area contributed by atoms with E-state index in [4.69, 9.17) is 18.5 Å². The van der Waals surface area contributed by atoms with E-state index in [-0.39, 0.29) is 38.1 Å². The van der Waals surface area contributed by atoms with Crippen LogP contribution in [0.4, 0.5) is 0 Å². The van der Waals surface area contributed by atoms with Crippen molar-refractivity contribution in [3.63, 3.8) is 0 Å². The minimum absolute atomic E-state index is 0.0264. The van der Waals surface area contributed by atoms with Crippen molar-refractivity contribution in [2.24, 2.45) is 0 Å². The summed E-state index contributed by atoms with van der Waals surface area (Å²) >= 11 is 0. The maximum atomic E-state index is 12.5. The van der Waals surface area contributed by atoms with Gasteiger partial charge in [-0.25, -0.2) is 4.57 Å². The van der Waals surface area contributed by atoms with Crippen molar-refractivity contribution in [1.82, 2.24) is 0 Å². The van der Waals surface area contributed by atoms with E-state index >= 15 is 0 Å². The van der Waals surface area contributed by atoms with Crippen LogP contribution in [0, 0.1) is 0 Å². The number of allylic oxidation sites excluding steroid dienone is 1. The number of rotatable bonds is 33. The molecule has 0 heterocycles. The number of phosphoric acid groups is 1. The number of likely N-dealkylation sites (N-methyl/N-ethyl adjacent to an activating group) is 1. The first kappa shape index (κ1) is 45.7. The average Bonchev–Trinajstić information content (AvgIpc) is 3.01. The summed E-state index contributed by atoms with van der Waals surface area (Å²) in [4.78, 5) is 35.0. The van der Waals surface area contributed by atoms with Crippen LogP contribution in [0.1, 0.15) is 149 Å². The Kier molecular flexibility index (Phi) is 28.8. The molecule has 3 atom stereocenters. The van der Waals surface area contributed by atoms with Crippen molar-refractivity contribution in [2.45, 2.75) is 161 Å². The van der Waals surface area contributed by atoms with Gasteiger partial charge in [0.25, 0.3) is 0 Å². The lowest BCUT2D eigenvalue weighted by Gasteiger charge is -2.24. The zero-order chi connectivity index (χ0) is 35.2. The average molecular weight is 693 g/mol. The molecular weight excluding hydrogens is 621 g/mol. The van der Waals surface area contributed by atoms with Gasteiger partial charge in [-0.3, -0.25) is 18.6 Å². The molecule has 0 bridgehead atoms. The fourth-order valence-electron chi connectivity index (χ4n) is 4.83. The van der Waals surface area contributed by atoms with E-state index in [0.29, 0.717) is 17.4 Å². The minimum atomic E-state index is -4.37. The van der Waals surface area contributed by atoms with Gasteiger partial charge in [-0.2, -0.15) is 0 Å². The highest BCUT2D eigenvalue weighted by Gasteiger charge is 2.27. The van der Waals surface area contributed by atoms with E-state index in [9.17, 15) is 24.2 Å². The Labute approximate surface area is 287 Å². The first-order valence-electron chi connectivity index (χ1n) is 18.5. The minimum Gasteiger partial charge on any atom is -0.462 e. The molecule has 11 heteroatoms. The van der Waals surface area contributed by atoms with Gasteiger partial charge in [-0.15, -0.1) is 0 Å². The number of hydrogen-bond acceptors (Lipinski definition) is 8. The van der Waals surface area contributed by atoms with Gasteiger partial charge in [0, 0.05) is 12.8 Å². The molecule has 2 N–H and O–H groups in total. The maximum Gasteiger partial charge on any atom is 0.472 e. The first-order chi connectivity index (χ1) is 22.4. The second-order valence-corrected chi connectivity index (χ2v) is 15.2. The van der Waals surface area contributed by atoms with Gasteiger partial charge in [0.15, 0.2) is 6.10 Å². The predicted octanol–water partition coefficient (Wildman–Crippen LogP) is 8.43. The summed E-state index contributed by atoms with van der Waals surface area (Å²) in [6, 6.07) is 0. The first-order valence-corrected chi connectivity index (χ1v) is 20.0. The van der Waals surface area contributed by atoms with Crippen molar-refractivity contribution in [2.75, 3.05) is 47.5 Å². The highest BCUT2D eigenvalue weighted by molar-refractivity contribution is 7.47. The molecule has 10 nitrogen and oxygen atoms in total. The van der Waals surface area contributed by atoms with Crippen LogP contribution in [-0.4, -0.2) is 86.1 Å². The topological polar surface area (TPSA) is 129 Å². The zero-order valence-electron chi connectivity index (χ0n) is 30.6. The standard InChI is InChI=1S/C36H70NO9P/c1-6-8-9-10-11-18-22-25-28-36(40)46-34(32-45-47(41,42)44-30-29-37(3,4)5)31-43-35(39)27-24-21-19-16-14-12-13-15-17-20-23-26-33(38)7-2/h23,26,33-34,38H,6-22,24-25,27-32H2,1-5H3/p+1/b26-23+/t33-,34-/m1/s1. The Balaban J connectivity index is 4.38. The molecule has 278 valence electrons. The molecule has 0 amide bonds. The van der Waals surface area contributed by atoms with Gasteiger partial charge in [0.05, 0.1) is 33.9 Å². The van der Waals surface area contributed by atoms with Crippen LogP contribution in [0.25, 0.3) is 0 Å². The largest absolute Gasteiger partial charge is 0.472 e. The van der Waals surface area contributed by atoms with Crippen LogP contribution in [0.15, 0.2) is 12.2 Å². The molecule has 0 aromatic heterocycles. The SMILES string of the molecule is CCCCCCCCCCC(=O)O[C@H](COC(=O)CCCCCCCCCCC/C=C/[C@H](O)CC)COP(=O)(O)OCC[N+](C)(C)C. The van der Waals surface area contributed by atoms with Gasteiger partial charge in [-0.05, 0) is 32.1 Å². The van der Waals surface area contributed by atoms with Crippen LogP contribution in [0.5, 0.6) is 0 Å². The van der Waals surface area contributed by atoms with E-state index in [0.717, 1.165) is 64.2 Å². The van der Waals surface area contributed by atoms with Gasteiger partial charge < -0.3 is 24.0 Å². The van der Waals surface area contributed by atoms with E-state index < -0.39 is 26.5 Å². The molecule has 0 fully saturated rings. The number of carbonyl (C=O) groups is 2. The van der Waals surface area contributed by atoms with Gasteiger partial charge in [0.2, 0.25) is 0 Å². The van der Waals surface area contributed by atoms with E-state index in [1.165, 1.54) is 51.4 Å². The normalized spacial score (nSPS) is 14.6. The molecule has 0 aromatic carbocycles. The molecular formula is C36H71NO9P+. The van der Waals surface area contributed by atoms with Crippen molar-refractivity contribution in [1.29, 1.82) is 0 Å². The lowest BCUT2D eigenvalue weighted by atomic mass is 10.1. The molecule has 0 saturated carbocycles. The molecule has 0 saturated heterocycles. The lowest BCUT2D eigenvalue weighted by Crippen LogP contribution is -2.37. The van der Waals surface area contributed by atoms with Crippen molar-refractivity contribution in [3.8, 4) is 0 Å². The Bertz CT molecular complexity index is 847. The van der Waals surface area contributed by atoms with Crippen LogP contribution < -0.4 is 0 Å². The Morgan fingerprint density at radius 1 is 0.723 bits per heavy atom. The Hall–Kier alpha value is -1.29. The third-order valence-corrected chi connectivity index (χ3v) is 8.92. The molecule has 1 unspecified atom stereocenters. The summed E-state index contributed by atoms with van der Waals surface area (Å²) in [6.45, 7) is 4.05. The van der Waals surface area contributed by atoms with E-state index in [2.05, 4.69) is 13.0 Å². The molecule has 0 aliphatic rings. The van der Waals surface area contributed by atoms with E-state index in [1.54, 1.807) is 0 Å². The van der Waals surface area contributed by atoms with Gasteiger partial charge in [-0.1, -0.05) is 116 Å². The van der Waals surface area contributed by atoms with E-state index in [1.807, 2.05) is 34.1 Å². The number of nitrogens with zero attached hydrogens (tertiary/aromatic N) is 1. The van der Waals surface area contributed by atoms with Crippen molar-refractivity contribution < 1.29 is 47.2 Å². The van der Waals surface area contributed by atoms with Crippen molar-refractivity contribution in [3.05, 3.63) is 12.2 Å². The molecule has 47 heavy (non-hydrogen) atoms. The molecule has 0 rings (SSSR count). The number of unbranched alkanes of at least 4 members (excludes halogenated alkanes) is 16. The summed E-state index contributed by atoms with van der Waals surface area (Å²) in [5.41, 5.74) is 0. The number of quaternary nitrogens is 1. The summed E-state index contributed by atoms with van der Waals surface area (Å²) in [6.07, 6.45) is 23.6. The Morgan fingerprint density at radius 2 is 1.23 bits per heavy atom. The van der Waals surface area contributed by atoms with Gasteiger partial charge >= 0.3 is 19.8 Å². The monoisotopic (exact) mass is 692 g/mol. The summed E-state index contributed by atoms with van der Waals surface area (Å²) in [7, 11) is 1.45. The second kappa shape index (κ2) is 29.6. The van der Waals surface area contributed by atoms with Gasteiger partial charge in [0.1, 0.15) is 19.8 Å². The van der Waals surface area contributed by atoms with Crippen LogP contribution in [0.2, 0.25) is 0 Å². The molecule has 0 aliphatic carbocycles. The second-order valence-electron chi connectivity index (χ2n) is 13.8. The molecule has 0 aliphatic heterocycles. The fourth-order valence-corrected chi connectivity index (χ4v) is 5.57. The van der Waals surface area contributed by atoms with Crippen LogP contribution >= 0.6 is 7.82 Å². The summed E-state index contributed by atoms with van der Waals surface area (Å²) in [5, 5.41) is 9.51. The third-order valence-electron chi connectivity index (χ3n) is 7.93. The third kappa shape index (κ3) is 33.0. The summed E-state index contributed by atoms with van der Waals surface area (Å²) < 4.78 is 34.0. The molecule has 0 spiro atoms. The fraction of sp³-hybridized carbons (Fsp3) is 0.889. The lowest BCUT2D eigenvalue weighted by molar-refractivity contribution is -0.870. The quantitative estimate of drug-likeness (QED) is 0.0229. The maximum absolute atomic E-state index is 12.5. The number of hydrogen-bond donors (Lipinski definition) is 2. The number of aliphatic hydroxyl groups is 1. The zero-order valence-corrected chi connectivity index (χ0v) is 31.5. The predicted molar refractivity (Wildman–Crippen MR) is 189 cm³/mol. The number of phosphoric ester groups is 1. The number of carbonyl (C=O) groups excluding carboxylic acids is 2. The number of ether oxygens (including phenoxy) is 2. The summed E-state index contributed by atoms with van der Waals surface area (Å²) in [5.74, 6) is -0.830. The highest BCUT2D eigenvalue weighted by atomic mass is 31.2. The van der Waals surface area contributed by atoms with Crippen LogP contribution in [-0.2, 0) is 32.7 Å². The van der Waals surface area contributed by atoms with Crippen LogP contribution in [0.3, 0.4) is 0 Å². The highest BCUT2D eigenvalue weighted by Crippen LogP contribution is 2.43. The van der Waals surface area contributed by atoms with Crippen molar-refractivity contribution >= 4 is 19.8 Å². The smallest absolute Gasteiger partial charge is 0.462 e. The molecule has 0 radical (unpaired) electrons. The Morgan fingerprint density at radius 3 is 1.77 bits per heavy atom.